The molecule has 1 aliphatic heterocycles. The second-order valence-corrected chi connectivity index (χ2v) is 6.08. The maximum Gasteiger partial charge on any atom is 0.225 e. The van der Waals surface area contributed by atoms with Gasteiger partial charge in [0.15, 0.2) is 0 Å². The number of anilines is 1. The van der Waals surface area contributed by atoms with Crippen LogP contribution in [0.3, 0.4) is 0 Å². The minimum Gasteiger partial charge on any atom is -0.325 e. The average Bonchev–Trinajstić information content (AvgIpc) is 2.82. The van der Waals surface area contributed by atoms with Crippen molar-refractivity contribution in [3.63, 3.8) is 0 Å². The third-order valence-corrected chi connectivity index (χ3v) is 4.42. The molecule has 3 nitrogen and oxygen atoms in total. The molecule has 1 fully saturated rings. The van der Waals surface area contributed by atoms with Gasteiger partial charge in [0.2, 0.25) is 5.91 Å². The fourth-order valence-corrected chi connectivity index (χ4v) is 3.17. The minimum atomic E-state index is 0.112. The third kappa shape index (κ3) is 3.86. The zero-order chi connectivity index (χ0) is 15.2. The minimum absolute atomic E-state index is 0.112. The smallest absolute Gasteiger partial charge is 0.225 e. The number of hydrogen-bond donors (Lipinski definition) is 1. The van der Waals surface area contributed by atoms with E-state index in [1.54, 1.807) is 0 Å². The Hall–Kier alpha value is -1.87. The van der Waals surface area contributed by atoms with Crippen LogP contribution in [-0.2, 0) is 4.79 Å². The van der Waals surface area contributed by atoms with Crippen molar-refractivity contribution in [2.24, 2.45) is 0 Å². The lowest BCUT2D eigenvalue weighted by atomic mass is 10.1. The van der Waals surface area contributed by atoms with E-state index in [0.29, 0.717) is 6.42 Å². The summed E-state index contributed by atoms with van der Waals surface area (Å²) in [6.45, 7) is 3.15. The Morgan fingerprint density at radius 2 is 1.68 bits per heavy atom. The van der Waals surface area contributed by atoms with Crippen molar-refractivity contribution < 1.29 is 4.79 Å². The first kappa shape index (κ1) is 15.0. The van der Waals surface area contributed by atoms with Crippen LogP contribution in [0.2, 0.25) is 0 Å². The molecule has 0 unspecified atom stereocenters. The van der Waals surface area contributed by atoms with E-state index < -0.39 is 0 Å². The summed E-state index contributed by atoms with van der Waals surface area (Å²) in [5.41, 5.74) is 0.916. The van der Waals surface area contributed by atoms with Crippen LogP contribution in [-0.4, -0.2) is 30.4 Å². The first-order valence-corrected chi connectivity index (χ1v) is 8.33. The molecular formula is C19H24N2O. The number of likely N-dealkylation sites (tertiary alicyclic amines) is 1. The second kappa shape index (κ2) is 7.41. The molecule has 0 radical (unpaired) electrons. The summed E-state index contributed by atoms with van der Waals surface area (Å²) in [7, 11) is 0. The van der Waals surface area contributed by atoms with E-state index in [-0.39, 0.29) is 5.91 Å². The molecule has 1 amide bonds. The standard InChI is InChI=1S/C19H24N2O/c22-19(12-15-21-13-5-1-2-6-14-21)20-18-11-7-9-16-8-3-4-10-17(16)18/h3-4,7-11H,1-2,5-6,12-15H2,(H,20,22). The molecule has 2 aromatic rings. The van der Waals surface area contributed by atoms with E-state index in [9.17, 15) is 4.79 Å². The zero-order valence-electron chi connectivity index (χ0n) is 13.1. The van der Waals surface area contributed by atoms with Crippen LogP contribution in [0, 0.1) is 0 Å². The molecule has 1 heterocycles. The number of benzene rings is 2. The summed E-state index contributed by atoms with van der Waals surface area (Å²) in [6, 6.07) is 14.2. The lowest BCUT2D eigenvalue weighted by molar-refractivity contribution is -0.116. The van der Waals surface area contributed by atoms with E-state index in [4.69, 9.17) is 0 Å². The van der Waals surface area contributed by atoms with Crippen LogP contribution in [0.1, 0.15) is 32.1 Å². The molecule has 0 saturated carbocycles. The summed E-state index contributed by atoms with van der Waals surface area (Å²) in [5, 5.41) is 5.34. The highest BCUT2D eigenvalue weighted by atomic mass is 16.1. The van der Waals surface area contributed by atoms with E-state index in [0.717, 1.165) is 36.1 Å². The fraction of sp³-hybridized carbons (Fsp3) is 0.421. The van der Waals surface area contributed by atoms with Gasteiger partial charge in [0.1, 0.15) is 0 Å². The molecule has 0 atom stereocenters. The van der Waals surface area contributed by atoms with Gasteiger partial charge in [-0.15, -0.1) is 0 Å². The lowest BCUT2D eigenvalue weighted by Crippen LogP contribution is -2.28. The molecule has 3 heteroatoms. The maximum absolute atomic E-state index is 12.2. The van der Waals surface area contributed by atoms with E-state index >= 15 is 0 Å². The van der Waals surface area contributed by atoms with Gasteiger partial charge in [-0.2, -0.15) is 0 Å². The summed E-state index contributed by atoms with van der Waals surface area (Å²) in [5.74, 6) is 0.112. The van der Waals surface area contributed by atoms with Gasteiger partial charge in [-0.25, -0.2) is 0 Å². The van der Waals surface area contributed by atoms with Crippen LogP contribution < -0.4 is 5.32 Å². The van der Waals surface area contributed by atoms with Crippen LogP contribution in [0.15, 0.2) is 42.5 Å². The van der Waals surface area contributed by atoms with Gasteiger partial charge in [0.05, 0.1) is 0 Å². The van der Waals surface area contributed by atoms with Crippen LogP contribution in [0.4, 0.5) is 5.69 Å². The summed E-state index contributed by atoms with van der Waals surface area (Å²) in [4.78, 5) is 14.7. The largest absolute Gasteiger partial charge is 0.325 e. The van der Waals surface area contributed by atoms with Crippen LogP contribution in [0.5, 0.6) is 0 Å². The molecule has 116 valence electrons. The Kier molecular flexibility index (Phi) is 5.07. The monoisotopic (exact) mass is 296 g/mol. The van der Waals surface area contributed by atoms with Gasteiger partial charge in [-0.3, -0.25) is 4.79 Å². The first-order chi connectivity index (χ1) is 10.8. The highest BCUT2D eigenvalue weighted by Gasteiger charge is 2.11. The van der Waals surface area contributed by atoms with Gasteiger partial charge in [-0.1, -0.05) is 49.2 Å². The number of nitrogens with one attached hydrogen (secondary N) is 1. The van der Waals surface area contributed by atoms with Crippen molar-refractivity contribution in [2.75, 3.05) is 25.0 Å². The SMILES string of the molecule is O=C(CCN1CCCCCC1)Nc1cccc2ccccc12. The molecule has 0 aromatic heterocycles. The number of nitrogens with zero attached hydrogens (tertiary/aromatic N) is 1. The number of fused-ring (bicyclic) bond motifs is 1. The molecule has 3 rings (SSSR count). The van der Waals surface area contributed by atoms with Gasteiger partial charge in [-0.05, 0) is 37.4 Å². The number of carbonyl (C=O) groups excluding carboxylic acids is 1. The first-order valence-electron chi connectivity index (χ1n) is 8.33. The van der Waals surface area contributed by atoms with E-state index in [2.05, 4.69) is 28.4 Å². The number of carbonyl (C=O) groups is 1. The topological polar surface area (TPSA) is 32.3 Å². The Morgan fingerprint density at radius 1 is 0.955 bits per heavy atom. The molecule has 2 aromatic carbocycles. The third-order valence-electron chi connectivity index (χ3n) is 4.42. The van der Waals surface area contributed by atoms with E-state index in [1.165, 1.54) is 25.7 Å². The van der Waals surface area contributed by atoms with Gasteiger partial charge in [0, 0.05) is 24.0 Å². The van der Waals surface area contributed by atoms with Crippen molar-refractivity contribution in [3.8, 4) is 0 Å². The van der Waals surface area contributed by atoms with E-state index in [1.807, 2.05) is 24.3 Å². The number of hydrogen-bond acceptors (Lipinski definition) is 2. The summed E-state index contributed by atoms with van der Waals surface area (Å²) in [6.07, 6.45) is 5.77. The average molecular weight is 296 g/mol. The highest BCUT2D eigenvalue weighted by molar-refractivity contribution is 6.02. The zero-order valence-corrected chi connectivity index (χ0v) is 13.1. The molecule has 0 aliphatic carbocycles. The molecular weight excluding hydrogens is 272 g/mol. The number of rotatable bonds is 4. The van der Waals surface area contributed by atoms with Crippen molar-refractivity contribution in [3.05, 3.63) is 42.5 Å². The maximum atomic E-state index is 12.2. The van der Waals surface area contributed by atoms with Crippen molar-refractivity contribution in [2.45, 2.75) is 32.1 Å². The molecule has 1 N–H and O–H groups in total. The molecule has 1 aliphatic rings. The van der Waals surface area contributed by atoms with Gasteiger partial charge < -0.3 is 10.2 Å². The normalized spacial score (nSPS) is 16.4. The summed E-state index contributed by atoms with van der Waals surface area (Å²) < 4.78 is 0. The highest BCUT2D eigenvalue weighted by Crippen LogP contribution is 2.23. The quantitative estimate of drug-likeness (QED) is 0.923. The predicted molar refractivity (Wildman–Crippen MR) is 92.1 cm³/mol. The fourth-order valence-electron chi connectivity index (χ4n) is 3.17. The number of amides is 1. The lowest BCUT2D eigenvalue weighted by Gasteiger charge is -2.19. The second-order valence-electron chi connectivity index (χ2n) is 6.08. The van der Waals surface area contributed by atoms with Crippen molar-refractivity contribution in [1.82, 2.24) is 4.90 Å². The molecule has 0 bridgehead atoms. The molecule has 1 saturated heterocycles. The van der Waals surface area contributed by atoms with Crippen LogP contribution >= 0.6 is 0 Å². The van der Waals surface area contributed by atoms with Gasteiger partial charge >= 0.3 is 0 Å². The Labute approximate surface area is 132 Å². The van der Waals surface area contributed by atoms with Crippen molar-refractivity contribution >= 4 is 22.4 Å². The van der Waals surface area contributed by atoms with Gasteiger partial charge in [0.25, 0.3) is 0 Å². The summed E-state index contributed by atoms with van der Waals surface area (Å²) >= 11 is 0. The molecule has 0 spiro atoms. The molecule has 22 heavy (non-hydrogen) atoms. The predicted octanol–water partition coefficient (Wildman–Crippen LogP) is 4.04. The Morgan fingerprint density at radius 3 is 2.50 bits per heavy atom. The Bertz CT molecular complexity index is 625. The van der Waals surface area contributed by atoms with Crippen molar-refractivity contribution in [1.29, 1.82) is 0 Å². The Balaban J connectivity index is 1.58. The van der Waals surface area contributed by atoms with Crippen LogP contribution in [0.25, 0.3) is 10.8 Å².